The molecule has 1 aromatic rings. The second kappa shape index (κ2) is 7.34. The summed E-state index contributed by atoms with van der Waals surface area (Å²) in [6.45, 7) is 1.58. The van der Waals surface area contributed by atoms with E-state index in [1.54, 1.807) is 6.92 Å². The molecule has 1 unspecified atom stereocenters. The molecule has 0 fully saturated rings. The number of ether oxygens (including phenoxy) is 2. The van der Waals surface area contributed by atoms with E-state index in [4.69, 9.17) is 4.74 Å². The molecule has 0 aliphatic carbocycles. The Labute approximate surface area is 112 Å². The van der Waals surface area contributed by atoms with Gasteiger partial charge in [-0.15, -0.1) is 0 Å². The summed E-state index contributed by atoms with van der Waals surface area (Å²) in [6.07, 6.45) is -0.862. The third-order valence-corrected chi connectivity index (χ3v) is 2.24. The van der Waals surface area contributed by atoms with Crippen LogP contribution in [-0.2, 0) is 16.1 Å². The van der Waals surface area contributed by atoms with Crippen LogP contribution in [0.3, 0.4) is 0 Å². The van der Waals surface area contributed by atoms with Crippen molar-refractivity contribution in [3.8, 4) is 11.6 Å². The Kier molecular flexibility index (Phi) is 5.77. The van der Waals surface area contributed by atoms with E-state index in [2.05, 4.69) is 25.6 Å². The smallest absolute Gasteiger partial charge is 0.435 e. The van der Waals surface area contributed by atoms with Gasteiger partial charge in [-0.05, 0) is 19.1 Å². The van der Waals surface area contributed by atoms with Crippen molar-refractivity contribution in [3.05, 3.63) is 39.4 Å². The van der Waals surface area contributed by atoms with Crippen LogP contribution < -0.4 is 0 Å². The number of carbonyl (C=O) groups excluding carboxylic acids is 1. The molecule has 1 aromatic carbocycles. The number of hydrogen-bond acceptors (Lipinski definition) is 5. The lowest BCUT2D eigenvalue weighted by Gasteiger charge is -2.05. The van der Waals surface area contributed by atoms with Crippen molar-refractivity contribution in [1.29, 1.82) is 0 Å². The largest absolute Gasteiger partial charge is 0.508 e. The van der Waals surface area contributed by atoms with Gasteiger partial charge in [0.25, 0.3) is 5.69 Å². The molecule has 0 aliphatic heterocycles. The summed E-state index contributed by atoms with van der Waals surface area (Å²) in [6, 6.07) is 4.37. The van der Waals surface area contributed by atoms with E-state index in [-0.39, 0.29) is 24.5 Å². The van der Waals surface area contributed by atoms with Gasteiger partial charge in [0.2, 0.25) is 0 Å². The molecule has 1 atom stereocenters. The van der Waals surface area contributed by atoms with Gasteiger partial charge in [-0.2, -0.15) is 0 Å². The molecule has 0 radical (unpaired) electrons. The summed E-state index contributed by atoms with van der Waals surface area (Å²) in [5, 5.41) is 10.9. The molecule has 0 N–H and O–H groups in total. The third kappa shape index (κ3) is 4.57. The van der Waals surface area contributed by atoms with Gasteiger partial charge in [-0.3, -0.25) is 10.1 Å². The van der Waals surface area contributed by atoms with Gasteiger partial charge < -0.3 is 9.47 Å². The molecule has 0 saturated heterocycles. The number of nitro benzene ring substituents is 1. The quantitative estimate of drug-likeness (QED) is 0.278. The molecule has 7 heteroatoms. The maximum Gasteiger partial charge on any atom is 0.508 e. The van der Waals surface area contributed by atoms with E-state index in [1.807, 2.05) is 0 Å². The molecule has 0 spiro atoms. The summed E-state index contributed by atoms with van der Waals surface area (Å²) < 4.78 is 9.35. The summed E-state index contributed by atoms with van der Waals surface area (Å²) in [5.41, 5.74) is 3.35. The fourth-order valence-electron chi connectivity index (χ4n) is 1.34. The second-order valence-electron chi connectivity index (χ2n) is 3.34. The maximum atomic E-state index is 11.1. The van der Waals surface area contributed by atoms with Crippen LogP contribution in [-0.4, -0.2) is 17.7 Å². The maximum absolute atomic E-state index is 11.1. The fourth-order valence-corrected chi connectivity index (χ4v) is 1.50. The summed E-state index contributed by atoms with van der Waals surface area (Å²) in [7, 11) is 2.23. The Bertz CT molecular complexity index is 547. The van der Waals surface area contributed by atoms with E-state index in [1.165, 1.54) is 18.2 Å². The lowest BCUT2D eigenvalue weighted by molar-refractivity contribution is -0.385. The molecule has 6 nitrogen and oxygen atoms in total. The average Bonchev–Trinajstić information content (AvgIpc) is 2.37. The van der Waals surface area contributed by atoms with Gasteiger partial charge in [0.15, 0.2) is 0 Å². The van der Waals surface area contributed by atoms with Crippen molar-refractivity contribution in [2.24, 2.45) is 0 Å². The lowest BCUT2D eigenvalue weighted by Crippen LogP contribution is -2.08. The number of nitro groups is 1. The standard InChI is InChI=1S/C12H12NO5P/c1-2-17-12(14)18-8-10-7-9(5-6-19)3-4-11(10)13(15)16/h3-4,7H,2,8,19H2,1H3. The molecular formula is C12H12NO5P. The highest BCUT2D eigenvalue weighted by Crippen LogP contribution is 2.21. The van der Waals surface area contributed by atoms with Crippen LogP contribution in [0.4, 0.5) is 10.5 Å². The van der Waals surface area contributed by atoms with Gasteiger partial charge in [-0.25, -0.2) is 4.79 Å². The Balaban J connectivity index is 2.93. The Morgan fingerprint density at radius 3 is 2.79 bits per heavy atom. The van der Waals surface area contributed by atoms with Crippen LogP contribution in [0.15, 0.2) is 18.2 Å². The number of hydrogen-bond donors (Lipinski definition) is 0. The van der Waals surface area contributed by atoms with E-state index in [0.29, 0.717) is 5.56 Å². The number of benzene rings is 1. The molecule has 0 aliphatic rings. The van der Waals surface area contributed by atoms with E-state index in [9.17, 15) is 14.9 Å². The SMILES string of the molecule is CCOC(=O)OCc1cc(C#CP)ccc1[N+](=O)[O-]. The molecule has 0 aromatic heterocycles. The number of rotatable bonds is 4. The van der Waals surface area contributed by atoms with Crippen LogP contribution in [0.2, 0.25) is 0 Å². The lowest BCUT2D eigenvalue weighted by atomic mass is 10.1. The minimum atomic E-state index is -0.862. The molecule has 100 valence electrons. The molecule has 0 amide bonds. The Morgan fingerprint density at radius 2 is 2.21 bits per heavy atom. The highest BCUT2D eigenvalue weighted by molar-refractivity contribution is 7.23. The number of carbonyl (C=O) groups is 1. The van der Waals surface area contributed by atoms with Crippen molar-refractivity contribution in [2.45, 2.75) is 13.5 Å². The van der Waals surface area contributed by atoms with Crippen molar-refractivity contribution in [1.82, 2.24) is 0 Å². The van der Waals surface area contributed by atoms with Gasteiger partial charge in [0, 0.05) is 11.6 Å². The van der Waals surface area contributed by atoms with Crippen molar-refractivity contribution in [3.63, 3.8) is 0 Å². The highest BCUT2D eigenvalue weighted by atomic mass is 31.0. The first kappa shape index (κ1) is 14.9. The summed E-state index contributed by atoms with van der Waals surface area (Å²) >= 11 is 0. The molecule has 0 heterocycles. The first-order chi connectivity index (χ1) is 9.08. The van der Waals surface area contributed by atoms with Gasteiger partial charge >= 0.3 is 6.16 Å². The zero-order valence-electron chi connectivity index (χ0n) is 10.2. The first-order valence-electron chi connectivity index (χ1n) is 5.37. The van der Waals surface area contributed by atoms with Crippen molar-refractivity contribution >= 4 is 21.1 Å². The van der Waals surface area contributed by atoms with Gasteiger partial charge in [0.05, 0.1) is 17.1 Å². The molecular weight excluding hydrogens is 269 g/mol. The minimum Gasteiger partial charge on any atom is -0.435 e. The monoisotopic (exact) mass is 281 g/mol. The predicted molar refractivity (Wildman–Crippen MR) is 71.5 cm³/mol. The second-order valence-corrected chi connectivity index (χ2v) is 3.63. The van der Waals surface area contributed by atoms with E-state index < -0.39 is 11.1 Å². The van der Waals surface area contributed by atoms with E-state index in [0.717, 1.165) is 0 Å². The summed E-state index contributed by atoms with van der Waals surface area (Å²) in [4.78, 5) is 21.4. The minimum absolute atomic E-state index is 0.126. The normalized spacial score (nSPS) is 9.16. The van der Waals surface area contributed by atoms with Crippen molar-refractivity contribution < 1.29 is 19.2 Å². The zero-order valence-corrected chi connectivity index (χ0v) is 11.4. The van der Waals surface area contributed by atoms with Crippen LogP contribution in [0.25, 0.3) is 0 Å². The van der Waals surface area contributed by atoms with Gasteiger partial charge in [-0.1, -0.05) is 20.8 Å². The fraction of sp³-hybridized carbons (Fsp3) is 0.250. The third-order valence-electron chi connectivity index (χ3n) is 2.10. The summed E-state index contributed by atoms with van der Waals surface area (Å²) in [5.74, 6) is 2.75. The molecule has 0 bridgehead atoms. The average molecular weight is 281 g/mol. The predicted octanol–water partition coefficient (Wildman–Crippen LogP) is 2.45. The van der Waals surface area contributed by atoms with Crippen molar-refractivity contribution in [2.75, 3.05) is 6.61 Å². The van der Waals surface area contributed by atoms with Crippen LogP contribution in [0, 0.1) is 21.7 Å². The van der Waals surface area contributed by atoms with Crippen LogP contribution in [0.5, 0.6) is 0 Å². The molecule has 0 saturated carbocycles. The highest BCUT2D eigenvalue weighted by Gasteiger charge is 2.15. The first-order valence-corrected chi connectivity index (χ1v) is 5.94. The molecule has 1 rings (SSSR count). The van der Waals surface area contributed by atoms with Gasteiger partial charge in [0.1, 0.15) is 6.61 Å². The Hall–Kier alpha value is -2.12. The Morgan fingerprint density at radius 1 is 1.47 bits per heavy atom. The zero-order chi connectivity index (χ0) is 14.3. The molecule has 19 heavy (non-hydrogen) atoms. The van der Waals surface area contributed by atoms with E-state index >= 15 is 0 Å². The van der Waals surface area contributed by atoms with Crippen LogP contribution in [0.1, 0.15) is 18.1 Å². The topological polar surface area (TPSA) is 78.7 Å². The van der Waals surface area contributed by atoms with Crippen LogP contribution >= 0.6 is 9.24 Å². The number of nitrogens with zero attached hydrogens (tertiary/aromatic N) is 1.